The van der Waals surface area contributed by atoms with Crippen LogP contribution in [0.2, 0.25) is 0 Å². The van der Waals surface area contributed by atoms with E-state index in [4.69, 9.17) is 4.74 Å². The first kappa shape index (κ1) is 19.4. The number of likely N-dealkylation sites (N-methyl/N-ethyl adjacent to an activating group) is 1. The summed E-state index contributed by atoms with van der Waals surface area (Å²) < 4.78 is 5.36. The zero-order chi connectivity index (χ0) is 20.4. The predicted molar refractivity (Wildman–Crippen MR) is 116 cm³/mol. The number of rotatable bonds is 4. The first-order chi connectivity index (χ1) is 14.1. The van der Waals surface area contributed by atoms with Crippen molar-refractivity contribution in [3.63, 3.8) is 0 Å². The van der Waals surface area contributed by atoms with Crippen molar-refractivity contribution < 1.29 is 9.53 Å². The molecule has 0 bridgehead atoms. The lowest BCUT2D eigenvalue weighted by Crippen LogP contribution is -2.53. The minimum atomic E-state index is -0.0820. The number of para-hydroxylation sites is 2. The van der Waals surface area contributed by atoms with E-state index in [2.05, 4.69) is 40.6 Å². The molecule has 2 N–H and O–H groups in total. The fourth-order valence-corrected chi connectivity index (χ4v) is 4.38. The quantitative estimate of drug-likeness (QED) is 0.830. The molecule has 1 fully saturated rings. The molecule has 1 aromatic heterocycles. The van der Waals surface area contributed by atoms with Crippen LogP contribution in [0, 0.1) is 5.92 Å². The molecule has 0 saturated carbocycles. The Kier molecular flexibility index (Phi) is 5.47. The number of nitrogens with zero attached hydrogens (tertiary/aromatic N) is 3. The molecule has 7 nitrogen and oxygen atoms in total. The van der Waals surface area contributed by atoms with Crippen LogP contribution < -0.4 is 20.3 Å². The standard InChI is InChI=1S/C22H29N5O2/c1-15-10-13-27(22(28)25-17-6-4-5-7-20(17)29-3)14-19(15)26(2)18-9-12-24-21-16(18)8-11-23-21/h4-7,9,12,15,19H,8,10-11,13-14H2,1-3H3,(H,23,24)(H,25,28)/t15-,19?/m1/s1. The van der Waals surface area contributed by atoms with Gasteiger partial charge in [0.05, 0.1) is 12.8 Å². The van der Waals surface area contributed by atoms with Crippen molar-refractivity contribution >= 4 is 23.2 Å². The van der Waals surface area contributed by atoms with Crippen molar-refractivity contribution in [3.05, 3.63) is 42.1 Å². The summed E-state index contributed by atoms with van der Waals surface area (Å²) in [5.41, 5.74) is 3.18. The molecule has 1 unspecified atom stereocenters. The number of urea groups is 1. The number of carbonyl (C=O) groups excluding carboxylic acids is 1. The minimum absolute atomic E-state index is 0.0820. The lowest BCUT2D eigenvalue weighted by Gasteiger charge is -2.43. The molecular weight excluding hydrogens is 366 g/mol. The number of benzene rings is 1. The Labute approximate surface area is 172 Å². The molecule has 1 saturated heterocycles. The number of amides is 2. The number of nitrogens with one attached hydrogen (secondary N) is 2. The van der Waals surface area contributed by atoms with E-state index >= 15 is 0 Å². The highest BCUT2D eigenvalue weighted by molar-refractivity contribution is 5.91. The molecule has 3 heterocycles. The van der Waals surface area contributed by atoms with Crippen LogP contribution in [0.4, 0.5) is 22.0 Å². The van der Waals surface area contributed by atoms with Crippen molar-refractivity contribution in [2.24, 2.45) is 5.92 Å². The van der Waals surface area contributed by atoms with Gasteiger partial charge in [-0.2, -0.15) is 0 Å². The second kappa shape index (κ2) is 8.19. The lowest BCUT2D eigenvalue weighted by atomic mass is 9.92. The molecule has 0 radical (unpaired) electrons. The van der Waals surface area contributed by atoms with E-state index < -0.39 is 0 Å². The molecule has 2 aliphatic heterocycles. The number of anilines is 3. The van der Waals surface area contributed by atoms with Gasteiger partial charge in [-0.05, 0) is 37.0 Å². The Bertz CT molecular complexity index is 887. The number of hydrogen-bond acceptors (Lipinski definition) is 5. The van der Waals surface area contributed by atoms with Gasteiger partial charge in [0.2, 0.25) is 0 Å². The van der Waals surface area contributed by atoms with Gasteiger partial charge in [0.15, 0.2) is 0 Å². The zero-order valence-electron chi connectivity index (χ0n) is 17.3. The Hall–Kier alpha value is -2.96. The maximum atomic E-state index is 13.0. The highest BCUT2D eigenvalue weighted by atomic mass is 16.5. The third kappa shape index (κ3) is 3.81. The Morgan fingerprint density at radius 1 is 1.34 bits per heavy atom. The highest BCUT2D eigenvalue weighted by Gasteiger charge is 2.33. The van der Waals surface area contributed by atoms with Crippen molar-refractivity contribution in [2.75, 3.05) is 49.3 Å². The number of hydrogen-bond donors (Lipinski definition) is 2. The van der Waals surface area contributed by atoms with E-state index in [9.17, 15) is 4.79 Å². The number of pyridine rings is 1. The maximum Gasteiger partial charge on any atom is 0.322 e. The van der Waals surface area contributed by atoms with Gasteiger partial charge in [0.1, 0.15) is 11.6 Å². The summed E-state index contributed by atoms with van der Waals surface area (Å²) >= 11 is 0. The van der Waals surface area contributed by atoms with Crippen LogP contribution in [0.15, 0.2) is 36.5 Å². The molecule has 2 aliphatic rings. The average molecular weight is 396 g/mol. The first-order valence-corrected chi connectivity index (χ1v) is 10.2. The molecule has 7 heteroatoms. The largest absolute Gasteiger partial charge is 0.495 e. The van der Waals surface area contributed by atoms with Crippen molar-refractivity contribution in [1.82, 2.24) is 9.88 Å². The highest BCUT2D eigenvalue weighted by Crippen LogP contribution is 2.33. The molecule has 154 valence electrons. The minimum Gasteiger partial charge on any atom is -0.495 e. The molecule has 1 aromatic carbocycles. The predicted octanol–water partition coefficient (Wildman–Crippen LogP) is 3.44. The molecule has 29 heavy (non-hydrogen) atoms. The Balaban J connectivity index is 1.49. The smallest absolute Gasteiger partial charge is 0.322 e. The third-order valence-electron chi connectivity index (χ3n) is 6.13. The summed E-state index contributed by atoms with van der Waals surface area (Å²) in [5.74, 6) is 2.15. The summed E-state index contributed by atoms with van der Waals surface area (Å²) in [5, 5.41) is 6.36. The van der Waals surface area contributed by atoms with E-state index in [1.165, 1.54) is 11.3 Å². The van der Waals surface area contributed by atoms with Crippen LogP contribution in [0.3, 0.4) is 0 Å². The zero-order valence-corrected chi connectivity index (χ0v) is 17.3. The van der Waals surface area contributed by atoms with Gasteiger partial charge in [0.25, 0.3) is 0 Å². The van der Waals surface area contributed by atoms with Gasteiger partial charge in [-0.15, -0.1) is 0 Å². The number of fused-ring (bicyclic) bond motifs is 1. The SMILES string of the molecule is COc1ccccc1NC(=O)N1CC[C@@H](C)C(N(C)c2ccnc3c2CCN3)C1. The summed E-state index contributed by atoms with van der Waals surface area (Å²) in [7, 11) is 3.75. The molecule has 2 amide bonds. The van der Waals surface area contributed by atoms with Crippen LogP contribution in [0.1, 0.15) is 18.9 Å². The number of carbonyl (C=O) groups is 1. The average Bonchev–Trinajstić information content (AvgIpc) is 3.23. The first-order valence-electron chi connectivity index (χ1n) is 10.2. The van der Waals surface area contributed by atoms with Crippen LogP contribution in [0.5, 0.6) is 5.75 Å². The second-order valence-corrected chi connectivity index (χ2v) is 7.85. The van der Waals surface area contributed by atoms with Gasteiger partial charge in [-0.3, -0.25) is 0 Å². The van der Waals surface area contributed by atoms with E-state index in [0.29, 0.717) is 23.9 Å². The Morgan fingerprint density at radius 2 is 2.17 bits per heavy atom. The summed E-state index contributed by atoms with van der Waals surface area (Å²) in [6.45, 7) is 4.64. The van der Waals surface area contributed by atoms with Crippen molar-refractivity contribution in [2.45, 2.75) is 25.8 Å². The fourth-order valence-electron chi connectivity index (χ4n) is 4.38. The van der Waals surface area contributed by atoms with E-state index in [-0.39, 0.29) is 12.1 Å². The molecule has 0 spiro atoms. The second-order valence-electron chi connectivity index (χ2n) is 7.85. The van der Waals surface area contributed by atoms with Crippen LogP contribution in [-0.2, 0) is 6.42 Å². The molecular formula is C22H29N5O2. The van der Waals surface area contributed by atoms with Crippen molar-refractivity contribution in [1.29, 1.82) is 0 Å². The van der Waals surface area contributed by atoms with Gasteiger partial charge in [-0.25, -0.2) is 9.78 Å². The van der Waals surface area contributed by atoms with Crippen LogP contribution in [0.25, 0.3) is 0 Å². The summed E-state index contributed by atoms with van der Waals surface area (Å²) in [6.07, 6.45) is 3.82. The molecule has 0 aliphatic carbocycles. The number of methoxy groups -OCH3 is 1. The van der Waals surface area contributed by atoms with Gasteiger partial charge >= 0.3 is 6.03 Å². The molecule has 4 rings (SSSR count). The topological polar surface area (TPSA) is 69.7 Å². The maximum absolute atomic E-state index is 13.0. The lowest BCUT2D eigenvalue weighted by molar-refractivity contribution is 0.172. The monoisotopic (exact) mass is 395 g/mol. The third-order valence-corrected chi connectivity index (χ3v) is 6.13. The normalized spacial score (nSPS) is 20.6. The fraction of sp³-hybridized carbons (Fsp3) is 0.455. The van der Waals surface area contributed by atoms with E-state index in [1.54, 1.807) is 7.11 Å². The van der Waals surface area contributed by atoms with Gasteiger partial charge < -0.3 is 25.2 Å². The van der Waals surface area contributed by atoms with Crippen LogP contribution >= 0.6 is 0 Å². The number of likely N-dealkylation sites (tertiary alicyclic amines) is 1. The number of piperidine rings is 1. The molecule has 2 aromatic rings. The summed E-state index contributed by atoms with van der Waals surface area (Å²) in [6, 6.07) is 9.75. The van der Waals surface area contributed by atoms with E-state index in [0.717, 1.165) is 31.7 Å². The van der Waals surface area contributed by atoms with Gasteiger partial charge in [0, 0.05) is 50.2 Å². The number of aromatic nitrogens is 1. The number of ether oxygens (including phenoxy) is 1. The van der Waals surface area contributed by atoms with Crippen molar-refractivity contribution in [3.8, 4) is 5.75 Å². The van der Waals surface area contributed by atoms with E-state index in [1.807, 2.05) is 35.4 Å². The van der Waals surface area contributed by atoms with Gasteiger partial charge in [-0.1, -0.05) is 19.1 Å². The summed E-state index contributed by atoms with van der Waals surface area (Å²) in [4.78, 5) is 21.6. The van der Waals surface area contributed by atoms with Crippen LogP contribution in [-0.4, -0.2) is 55.7 Å². The molecule has 2 atom stereocenters. The Morgan fingerprint density at radius 3 is 3.00 bits per heavy atom.